The largest absolute Gasteiger partial charge is 0.378 e. The molecular weight excluding hydrogens is 242 g/mol. The van der Waals surface area contributed by atoms with Gasteiger partial charge in [-0.1, -0.05) is 6.07 Å². The number of nitrogens with one attached hydrogen (secondary N) is 1. The predicted octanol–water partition coefficient (Wildman–Crippen LogP) is 0.599. The summed E-state index contributed by atoms with van der Waals surface area (Å²) in [6, 6.07) is 3.14. The summed E-state index contributed by atoms with van der Waals surface area (Å²) in [6.07, 6.45) is -0.122. The molecule has 1 amide bonds. The average molecular weight is 258 g/mol. The molecule has 0 bridgehead atoms. The monoisotopic (exact) mass is 258 g/mol. The Morgan fingerprint density at radius 2 is 2.11 bits per heavy atom. The van der Waals surface area contributed by atoms with Crippen LogP contribution in [0.5, 0.6) is 0 Å². The summed E-state index contributed by atoms with van der Waals surface area (Å²) >= 11 is 0. The Morgan fingerprint density at radius 1 is 1.33 bits per heavy atom. The molecule has 3 N–H and O–H groups in total. The zero-order chi connectivity index (χ0) is 13.4. The van der Waals surface area contributed by atoms with Crippen LogP contribution in [0.1, 0.15) is 5.56 Å². The highest BCUT2D eigenvalue weighted by molar-refractivity contribution is 5.78. The average Bonchev–Trinajstić information content (AvgIpc) is 2.32. The van der Waals surface area contributed by atoms with Crippen LogP contribution < -0.4 is 11.1 Å². The molecule has 0 fully saturated rings. The molecule has 0 heterocycles. The second-order valence-electron chi connectivity index (χ2n) is 3.66. The van der Waals surface area contributed by atoms with Crippen LogP contribution in [-0.4, -0.2) is 32.2 Å². The lowest BCUT2D eigenvalue weighted by Crippen LogP contribution is -2.29. The van der Waals surface area contributed by atoms with E-state index >= 15 is 0 Å². The van der Waals surface area contributed by atoms with Gasteiger partial charge in [-0.15, -0.1) is 0 Å². The lowest BCUT2D eigenvalue weighted by molar-refractivity contribution is -0.120. The first-order valence-electron chi connectivity index (χ1n) is 5.62. The van der Waals surface area contributed by atoms with Crippen molar-refractivity contribution in [2.75, 3.05) is 26.3 Å². The van der Waals surface area contributed by atoms with Gasteiger partial charge in [0.1, 0.15) is 11.6 Å². The molecule has 6 heteroatoms. The van der Waals surface area contributed by atoms with E-state index in [1.807, 2.05) is 0 Å². The van der Waals surface area contributed by atoms with E-state index in [1.54, 1.807) is 0 Å². The summed E-state index contributed by atoms with van der Waals surface area (Å²) in [5.74, 6) is -1.71. The van der Waals surface area contributed by atoms with Gasteiger partial charge in [-0.3, -0.25) is 4.79 Å². The number of benzene rings is 1. The van der Waals surface area contributed by atoms with Crippen molar-refractivity contribution in [1.29, 1.82) is 0 Å². The van der Waals surface area contributed by atoms with E-state index in [4.69, 9.17) is 10.5 Å². The van der Waals surface area contributed by atoms with Gasteiger partial charge < -0.3 is 15.8 Å². The third kappa shape index (κ3) is 5.20. The van der Waals surface area contributed by atoms with E-state index in [0.29, 0.717) is 26.3 Å². The Labute approximate surface area is 104 Å². The molecule has 0 aliphatic rings. The maximum Gasteiger partial charge on any atom is 0.224 e. The van der Waals surface area contributed by atoms with Crippen LogP contribution in [0.4, 0.5) is 8.78 Å². The van der Waals surface area contributed by atoms with Gasteiger partial charge in [0, 0.05) is 19.2 Å². The summed E-state index contributed by atoms with van der Waals surface area (Å²) in [7, 11) is 0. The van der Waals surface area contributed by atoms with Crippen LogP contribution in [0.15, 0.2) is 18.2 Å². The molecule has 100 valence electrons. The van der Waals surface area contributed by atoms with Gasteiger partial charge in [-0.05, 0) is 11.6 Å². The lowest BCUT2D eigenvalue weighted by atomic mass is 10.1. The summed E-state index contributed by atoms with van der Waals surface area (Å²) in [5.41, 5.74) is 5.38. The van der Waals surface area contributed by atoms with Crippen LogP contribution in [0.25, 0.3) is 0 Å². The van der Waals surface area contributed by atoms with Crippen molar-refractivity contribution < 1.29 is 18.3 Å². The molecule has 0 saturated carbocycles. The van der Waals surface area contributed by atoms with E-state index in [-0.39, 0.29) is 17.9 Å². The lowest BCUT2D eigenvalue weighted by Gasteiger charge is -2.06. The third-order valence-electron chi connectivity index (χ3n) is 2.20. The first-order chi connectivity index (χ1) is 8.63. The molecule has 0 spiro atoms. The fourth-order valence-electron chi connectivity index (χ4n) is 1.35. The highest BCUT2D eigenvalue weighted by Crippen LogP contribution is 2.09. The van der Waals surface area contributed by atoms with E-state index in [0.717, 1.165) is 12.1 Å². The predicted molar refractivity (Wildman–Crippen MR) is 62.9 cm³/mol. The summed E-state index contributed by atoms with van der Waals surface area (Å²) in [6.45, 7) is 1.55. The van der Waals surface area contributed by atoms with Gasteiger partial charge in [0.2, 0.25) is 5.91 Å². The fraction of sp³-hybridized carbons (Fsp3) is 0.417. The van der Waals surface area contributed by atoms with E-state index < -0.39 is 11.6 Å². The molecule has 0 aromatic heterocycles. The van der Waals surface area contributed by atoms with Crippen molar-refractivity contribution in [3.8, 4) is 0 Å². The molecule has 0 aliphatic carbocycles. The van der Waals surface area contributed by atoms with E-state index in [9.17, 15) is 13.6 Å². The number of nitrogens with two attached hydrogens (primary N) is 1. The standard InChI is InChI=1S/C12H16F2N2O2/c13-10-2-1-9(11(14)8-10)7-12(17)16-4-6-18-5-3-15/h1-2,8H,3-7,15H2,(H,16,17). The molecular formula is C12H16F2N2O2. The quantitative estimate of drug-likeness (QED) is 0.704. The number of hydrogen-bond donors (Lipinski definition) is 2. The first kappa shape index (κ1) is 14.5. The second kappa shape index (κ2) is 7.73. The molecule has 1 aromatic rings. The van der Waals surface area contributed by atoms with Crippen molar-refractivity contribution in [2.24, 2.45) is 5.73 Å². The summed E-state index contributed by atoms with van der Waals surface area (Å²) < 4.78 is 30.9. The SMILES string of the molecule is NCCOCCNC(=O)Cc1ccc(F)cc1F. The van der Waals surface area contributed by atoms with Crippen molar-refractivity contribution in [2.45, 2.75) is 6.42 Å². The van der Waals surface area contributed by atoms with Crippen LogP contribution >= 0.6 is 0 Å². The van der Waals surface area contributed by atoms with Gasteiger partial charge >= 0.3 is 0 Å². The van der Waals surface area contributed by atoms with Crippen LogP contribution in [0.3, 0.4) is 0 Å². The number of hydrogen-bond acceptors (Lipinski definition) is 3. The van der Waals surface area contributed by atoms with Crippen LogP contribution in [0.2, 0.25) is 0 Å². The molecule has 1 aromatic carbocycles. The smallest absolute Gasteiger partial charge is 0.224 e. The molecule has 18 heavy (non-hydrogen) atoms. The third-order valence-corrected chi connectivity index (χ3v) is 2.20. The Balaban J connectivity index is 2.31. The molecule has 4 nitrogen and oxygen atoms in total. The minimum Gasteiger partial charge on any atom is -0.378 e. The van der Waals surface area contributed by atoms with Crippen molar-refractivity contribution >= 4 is 5.91 Å². The second-order valence-corrected chi connectivity index (χ2v) is 3.66. The fourth-order valence-corrected chi connectivity index (χ4v) is 1.35. The topological polar surface area (TPSA) is 64.3 Å². The highest BCUT2D eigenvalue weighted by atomic mass is 19.1. The van der Waals surface area contributed by atoms with Gasteiger partial charge in [-0.25, -0.2) is 8.78 Å². The van der Waals surface area contributed by atoms with Crippen LogP contribution in [0, 0.1) is 11.6 Å². The van der Waals surface area contributed by atoms with Gasteiger partial charge in [0.05, 0.1) is 19.6 Å². The summed E-state index contributed by atoms with van der Waals surface area (Å²) in [5, 5.41) is 2.57. The Morgan fingerprint density at radius 3 is 2.78 bits per heavy atom. The van der Waals surface area contributed by atoms with E-state index in [1.165, 1.54) is 6.07 Å². The van der Waals surface area contributed by atoms with Gasteiger partial charge in [0.25, 0.3) is 0 Å². The highest BCUT2D eigenvalue weighted by Gasteiger charge is 2.08. The molecule has 1 rings (SSSR count). The maximum atomic E-state index is 13.2. The van der Waals surface area contributed by atoms with Gasteiger partial charge in [-0.2, -0.15) is 0 Å². The number of carbonyl (C=O) groups excluding carboxylic acids is 1. The van der Waals surface area contributed by atoms with Crippen molar-refractivity contribution in [3.05, 3.63) is 35.4 Å². The van der Waals surface area contributed by atoms with Crippen molar-refractivity contribution in [1.82, 2.24) is 5.32 Å². The Bertz CT molecular complexity index is 400. The molecule has 0 atom stereocenters. The maximum absolute atomic E-state index is 13.2. The normalized spacial score (nSPS) is 10.4. The molecule has 0 aliphatic heterocycles. The minimum absolute atomic E-state index is 0.122. The van der Waals surface area contributed by atoms with Crippen molar-refractivity contribution in [3.63, 3.8) is 0 Å². The zero-order valence-electron chi connectivity index (χ0n) is 9.92. The first-order valence-corrected chi connectivity index (χ1v) is 5.62. The Hall–Kier alpha value is -1.53. The zero-order valence-corrected chi connectivity index (χ0v) is 9.92. The number of carbonyl (C=O) groups is 1. The molecule has 0 saturated heterocycles. The van der Waals surface area contributed by atoms with Gasteiger partial charge in [0.15, 0.2) is 0 Å². The number of rotatable bonds is 7. The summed E-state index contributed by atoms with van der Waals surface area (Å²) in [4.78, 5) is 11.4. The minimum atomic E-state index is -0.718. The number of amides is 1. The molecule has 0 radical (unpaired) electrons. The number of halogens is 2. The number of ether oxygens (including phenoxy) is 1. The molecule has 0 unspecified atom stereocenters. The Kier molecular flexibility index (Phi) is 6.24. The van der Waals surface area contributed by atoms with E-state index in [2.05, 4.69) is 5.32 Å². The van der Waals surface area contributed by atoms with Crippen LogP contribution in [-0.2, 0) is 16.0 Å².